The molecule has 0 aliphatic heterocycles. The zero-order valence-electron chi connectivity index (χ0n) is 9.75. The maximum Gasteiger partial charge on any atom is 0.250 e. The summed E-state index contributed by atoms with van der Waals surface area (Å²) < 4.78 is 0. The summed E-state index contributed by atoms with van der Waals surface area (Å²) in [5.74, 6) is -0.542. The first-order valence-corrected chi connectivity index (χ1v) is 6.05. The Labute approximate surface area is 109 Å². The Morgan fingerprint density at radius 1 is 1.33 bits per heavy atom. The highest BCUT2D eigenvalue weighted by atomic mass is 32.2. The molecule has 1 heterocycles. The molecule has 0 atom stereocenters. The van der Waals surface area contributed by atoms with Crippen LogP contribution in [0, 0.1) is 6.92 Å². The first-order valence-electron chi connectivity index (χ1n) is 5.23. The number of amides is 1. The van der Waals surface area contributed by atoms with Crippen molar-refractivity contribution in [1.29, 1.82) is 0 Å². The Morgan fingerprint density at radius 3 is 2.78 bits per heavy atom. The van der Waals surface area contributed by atoms with Gasteiger partial charge in [-0.1, -0.05) is 0 Å². The first-order chi connectivity index (χ1) is 8.56. The average Bonchev–Trinajstić information content (AvgIpc) is 2.31. The van der Waals surface area contributed by atoms with Crippen molar-refractivity contribution in [2.45, 2.75) is 17.0 Å². The van der Waals surface area contributed by atoms with Crippen LogP contribution in [-0.4, -0.2) is 15.9 Å². The molecule has 1 aromatic heterocycles. The molecule has 2 aromatic rings. The standard InChI is InChI=1S/C12H12N4OS/c1-7-4-5-15-12(16-7)18-8-2-3-10(13)9(6-8)11(14)17/h2-6H,13H2,1H3,(H2,14,17). The number of nitrogen functional groups attached to an aromatic ring is 1. The van der Waals surface area contributed by atoms with Crippen LogP contribution in [0.2, 0.25) is 0 Å². The van der Waals surface area contributed by atoms with Crippen LogP contribution in [-0.2, 0) is 0 Å². The number of carbonyl (C=O) groups excluding carboxylic acids is 1. The molecule has 4 N–H and O–H groups in total. The monoisotopic (exact) mass is 260 g/mol. The van der Waals surface area contributed by atoms with Gasteiger partial charge in [0.15, 0.2) is 5.16 Å². The molecule has 92 valence electrons. The Bertz CT molecular complexity index is 600. The first kappa shape index (κ1) is 12.4. The summed E-state index contributed by atoms with van der Waals surface area (Å²) >= 11 is 1.36. The molecule has 5 nitrogen and oxygen atoms in total. The van der Waals surface area contributed by atoms with Crippen LogP contribution in [0.1, 0.15) is 16.1 Å². The largest absolute Gasteiger partial charge is 0.398 e. The van der Waals surface area contributed by atoms with Crippen LogP contribution in [0.25, 0.3) is 0 Å². The van der Waals surface area contributed by atoms with Gasteiger partial charge in [-0.15, -0.1) is 0 Å². The van der Waals surface area contributed by atoms with E-state index in [1.807, 2.05) is 13.0 Å². The van der Waals surface area contributed by atoms with Crippen molar-refractivity contribution in [1.82, 2.24) is 9.97 Å². The zero-order chi connectivity index (χ0) is 13.1. The molecule has 1 aromatic carbocycles. The van der Waals surface area contributed by atoms with Gasteiger partial charge in [0.1, 0.15) is 0 Å². The molecule has 0 saturated carbocycles. The maximum absolute atomic E-state index is 11.2. The molecule has 0 aliphatic carbocycles. The van der Waals surface area contributed by atoms with Gasteiger partial charge in [-0.25, -0.2) is 9.97 Å². The smallest absolute Gasteiger partial charge is 0.250 e. The van der Waals surface area contributed by atoms with Crippen LogP contribution in [0.3, 0.4) is 0 Å². The van der Waals surface area contributed by atoms with Crippen molar-refractivity contribution in [3.63, 3.8) is 0 Å². The number of hydrogen-bond acceptors (Lipinski definition) is 5. The van der Waals surface area contributed by atoms with Crippen LogP contribution in [0.5, 0.6) is 0 Å². The minimum absolute atomic E-state index is 0.313. The normalized spacial score (nSPS) is 10.3. The van der Waals surface area contributed by atoms with Crippen LogP contribution < -0.4 is 11.5 Å². The summed E-state index contributed by atoms with van der Waals surface area (Å²) in [6.07, 6.45) is 1.69. The van der Waals surface area contributed by atoms with Crippen molar-refractivity contribution in [3.8, 4) is 0 Å². The second kappa shape index (κ2) is 5.05. The van der Waals surface area contributed by atoms with E-state index in [-0.39, 0.29) is 0 Å². The molecule has 2 rings (SSSR count). The number of aryl methyl sites for hydroxylation is 1. The molecule has 0 bridgehead atoms. The molecule has 0 fully saturated rings. The molecule has 0 saturated heterocycles. The number of nitrogens with zero attached hydrogens (tertiary/aromatic N) is 2. The van der Waals surface area contributed by atoms with Gasteiger partial charge in [0.2, 0.25) is 0 Å². The van der Waals surface area contributed by atoms with Gasteiger partial charge >= 0.3 is 0 Å². The van der Waals surface area contributed by atoms with Gasteiger partial charge in [-0.3, -0.25) is 4.79 Å². The van der Waals surface area contributed by atoms with Crippen LogP contribution in [0.15, 0.2) is 40.5 Å². The lowest BCUT2D eigenvalue weighted by atomic mass is 10.2. The number of hydrogen-bond donors (Lipinski definition) is 2. The van der Waals surface area contributed by atoms with Gasteiger partial charge < -0.3 is 11.5 Å². The number of anilines is 1. The van der Waals surface area contributed by atoms with Gasteiger partial charge in [0.25, 0.3) is 5.91 Å². The number of benzene rings is 1. The minimum atomic E-state index is -0.542. The number of carbonyl (C=O) groups is 1. The van der Waals surface area contributed by atoms with Crippen molar-refractivity contribution in [2.24, 2.45) is 5.73 Å². The number of nitrogens with two attached hydrogens (primary N) is 2. The molecule has 0 unspecified atom stereocenters. The summed E-state index contributed by atoms with van der Waals surface area (Å²) in [5, 5.41) is 0.621. The Morgan fingerprint density at radius 2 is 2.11 bits per heavy atom. The molecule has 1 amide bonds. The number of rotatable bonds is 3. The van der Waals surface area contributed by atoms with Crippen molar-refractivity contribution >= 4 is 23.4 Å². The van der Waals surface area contributed by atoms with E-state index in [9.17, 15) is 4.79 Å². The van der Waals surface area contributed by atoms with E-state index in [4.69, 9.17) is 11.5 Å². The zero-order valence-corrected chi connectivity index (χ0v) is 10.6. The van der Waals surface area contributed by atoms with E-state index in [1.54, 1.807) is 24.4 Å². The molecule has 6 heteroatoms. The molecular formula is C12H12N4OS. The average molecular weight is 260 g/mol. The van der Waals surface area contributed by atoms with Gasteiger partial charge in [0, 0.05) is 22.5 Å². The second-order valence-corrected chi connectivity index (χ2v) is 4.74. The quantitative estimate of drug-likeness (QED) is 0.646. The third-order valence-electron chi connectivity index (χ3n) is 2.27. The Balaban J connectivity index is 2.30. The van der Waals surface area contributed by atoms with E-state index < -0.39 is 5.91 Å². The number of primary amides is 1. The van der Waals surface area contributed by atoms with E-state index in [2.05, 4.69) is 9.97 Å². The Hall–Kier alpha value is -2.08. The van der Waals surface area contributed by atoms with E-state index >= 15 is 0 Å². The third kappa shape index (κ3) is 2.78. The fourth-order valence-electron chi connectivity index (χ4n) is 1.39. The predicted molar refractivity (Wildman–Crippen MR) is 70.3 cm³/mol. The summed E-state index contributed by atoms with van der Waals surface area (Å²) in [4.78, 5) is 20.4. The highest BCUT2D eigenvalue weighted by Crippen LogP contribution is 2.27. The fourth-order valence-corrected chi connectivity index (χ4v) is 2.22. The predicted octanol–water partition coefficient (Wildman–Crippen LogP) is 1.62. The summed E-state index contributed by atoms with van der Waals surface area (Å²) in [7, 11) is 0. The summed E-state index contributed by atoms with van der Waals surface area (Å²) in [6, 6.07) is 6.92. The molecular weight excluding hydrogens is 248 g/mol. The molecule has 0 spiro atoms. The molecule has 18 heavy (non-hydrogen) atoms. The van der Waals surface area contributed by atoms with E-state index in [0.717, 1.165) is 10.6 Å². The number of aromatic nitrogens is 2. The lowest BCUT2D eigenvalue weighted by Gasteiger charge is -2.05. The van der Waals surface area contributed by atoms with Crippen LogP contribution in [0.4, 0.5) is 5.69 Å². The maximum atomic E-state index is 11.2. The fraction of sp³-hybridized carbons (Fsp3) is 0.0833. The van der Waals surface area contributed by atoms with Crippen LogP contribution >= 0.6 is 11.8 Å². The Kier molecular flexibility index (Phi) is 3.47. The summed E-state index contributed by atoms with van der Waals surface area (Å²) in [5.41, 5.74) is 12.5. The van der Waals surface area contributed by atoms with Gasteiger partial charge in [-0.2, -0.15) is 0 Å². The minimum Gasteiger partial charge on any atom is -0.398 e. The highest BCUT2D eigenvalue weighted by molar-refractivity contribution is 7.99. The van der Waals surface area contributed by atoms with Crippen molar-refractivity contribution < 1.29 is 4.79 Å². The van der Waals surface area contributed by atoms with Crippen molar-refractivity contribution in [2.75, 3.05) is 5.73 Å². The lowest BCUT2D eigenvalue weighted by molar-refractivity contribution is 0.100. The molecule has 0 aliphatic rings. The SMILES string of the molecule is Cc1ccnc(Sc2ccc(N)c(C(N)=O)c2)n1. The lowest BCUT2D eigenvalue weighted by Crippen LogP contribution is -2.13. The van der Waals surface area contributed by atoms with E-state index in [0.29, 0.717) is 16.4 Å². The van der Waals surface area contributed by atoms with E-state index in [1.165, 1.54) is 11.8 Å². The third-order valence-corrected chi connectivity index (χ3v) is 3.14. The topological polar surface area (TPSA) is 94.9 Å². The second-order valence-electron chi connectivity index (χ2n) is 3.70. The van der Waals surface area contributed by atoms with Gasteiger partial charge in [-0.05, 0) is 43.0 Å². The highest BCUT2D eigenvalue weighted by Gasteiger charge is 2.08. The summed E-state index contributed by atoms with van der Waals surface area (Å²) in [6.45, 7) is 1.89. The van der Waals surface area contributed by atoms with Crippen molar-refractivity contribution in [3.05, 3.63) is 41.7 Å². The van der Waals surface area contributed by atoms with Gasteiger partial charge in [0.05, 0.1) is 5.56 Å². The molecule has 0 radical (unpaired) electrons.